The zero-order chi connectivity index (χ0) is 16.0. The molecule has 21 heavy (non-hydrogen) atoms. The van der Waals surface area contributed by atoms with Gasteiger partial charge in [-0.05, 0) is 25.1 Å². The quantitative estimate of drug-likeness (QED) is 0.470. The van der Waals surface area contributed by atoms with Gasteiger partial charge >= 0.3 is 0 Å². The van der Waals surface area contributed by atoms with Crippen molar-refractivity contribution in [2.24, 2.45) is 11.5 Å². The largest absolute Gasteiger partial charge is 0.399 e. The number of rotatable bonds is 7. The number of anilines is 2. The third kappa shape index (κ3) is 5.49. The second-order valence-corrected chi connectivity index (χ2v) is 4.63. The third-order valence-electron chi connectivity index (χ3n) is 2.80. The van der Waals surface area contributed by atoms with Gasteiger partial charge in [-0.15, -0.1) is 0 Å². The van der Waals surface area contributed by atoms with Crippen LogP contribution in [-0.4, -0.2) is 41.8 Å². The molecule has 0 saturated carbocycles. The first-order valence-corrected chi connectivity index (χ1v) is 6.26. The number of carbonyl (C=O) groups is 3. The molecule has 1 rings (SSSR count). The number of nitrogen functional groups attached to an aromatic ring is 1. The van der Waals surface area contributed by atoms with E-state index in [2.05, 4.69) is 5.32 Å². The molecule has 0 saturated heterocycles. The molecule has 1 unspecified atom stereocenters. The molecule has 8 heteroatoms. The lowest BCUT2D eigenvalue weighted by atomic mass is 10.2. The number of hydrogen-bond acceptors (Lipinski definition) is 5. The predicted octanol–water partition coefficient (Wildman–Crippen LogP) is -1.13. The van der Waals surface area contributed by atoms with Crippen LogP contribution in [0.15, 0.2) is 24.3 Å². The van der Waals surface area contributed by atoms with Gasteiger partial charge < -0.3 is 22.5 Å². The van der Waals surface area contributed by atoms with E-state index >= 15 is 0 Å². The van der Waals surface area contributed by atoms with Crippen LogP contribution in [0.5, 0.6) is 0 Å². The SMILES string of the molecule is CC(C(=O)Nc1cccc(N)c1)N(CC(N)=O)CC(N)=O. The summed E-state index contributed by atoms with van der Waals surface area (Å²) in [6.07, 6.45) is 0. The smallest absolute Gasteiger partial charge is 0.241 e. The summed E-state index contributed by atoms with van der Waals surface area (Å²) in [6.45, 7) is 1.07. The van der Waals surface area contributed by atoms with Crippen molar-refractivity contribution in [1.29, 1.82) is 0 Å². The molecule has 0 spiro atoms. The fraction of sp³-hybridized carbons (Fsp3) is 0.308. The van der Waals surface area contributed by atoms with Gasteiger partial charge in [0.1, 0.15) is 0 Å². The molecule has 114 valence electrons. The molecule has 1 atom stereocenters. The molecule has 0 aliphatic carbocycles. The standard InChI is InChI=1S/C13H19N5O3/c1-8(18(6-11(15)19)7-12(16)20)13(21)17-10-4-2-3-9(14)5-10/h2-5,8H,6-7,14H2,1H3,(H2,15,19)(H2,16,20)(H,17,21). The van der Waals surface area contributed by atoms with Gasteiger partial charge in [0.05, 0.1) is 19.1 Å². The van der Waals surface area contributed by atoms with Crippen molar-refractivity contribution in [3.63, 3.8) is 0 Å². The van der Waals surface area contributed by atoms with E-state index in [4.69, 9.17) is 17.2 Å². The zero-order valence-electron chi connectivity index (χ0n) is 11.7. The number of amides is 3. The monoisotopic (exact) mass is 293 g/mol. The van der Waals surface area contributed by atoms with Gasteiger partial charge in [-0.2, -0.15) is 0 Å². The number of hydrogen-bond donors (Lipinski definition) is 4. The molecule has 0 bridgehead atoms. The Balaban J connectivity index is 2.77. The normalized spacial score (nSPS) is 11.9. The van der Waals surface area contributed by atoms with Crippen LogP contribution < -0.4 is 22.5 Å². The average molecular weight is 293 g/mol. The van der Waals surface area contributed by atoms with Gasteiger partial charge in [0.15, 0.2) is 0 Å². The van der Waals surface area contributed by atoms with E-state index in [9.17, 15) is 14.4 Å². The predicted molar refractivity (Wildman–Crippen MR) is 78.9 cm³/mol. The van der Waals surface area contributed by atoms with Gasteiger partial charge in [0.25, 0.3) is 0 Å². The average Bonchev–Trinajstić information content (AvgIpc) is 2.35. The Bertz CT molecular complexity index is 530. The molecular formula is C13H19N5O3. The van der Waals surface area contributed by atoms with Crippen LogP contribution in [0.25, 0.3) is 0 Å². The minimum atomic E-state index is -0.758. The molecule has 0 aliphatic rings. The number of nitrogens with one attached hydrogen (secondary N) is 1. The lowest BCUT2D eigenvalue weighted by molar-refractivity contribution is -0.126. The molecule has 7 N–H and O–H groups in total. The highest BCUT2D eigenvalue weighted by Gasteiger charge is 2.24. The van der Waals surface area contributed by atoms with E-state index in [0.29, 0.717) is 11.4 Å². The molecule has 0 aromatic heterocycles. The molecule has 0 heterocycles. The molecule has 3 amide bonds. The van der Waals surface area contributed by atoms with Crippen molar-refractivity contribution in [2.45, 2.75) is 13.0 Å². The first-order chi connectivity index (χ1) is 9.79. The second kappa shape index (κ2) is 7.25. The van der Waals surface area contributed by atoms with Crippen LogP contribution in [0.3, 0.4) is 0 Å². The van der Waals surface area contributed by atoms with Crippen molar-refractivity contribution in [2.75, 3.05) is 24.1 Å². The fourth-order valence-electron chi connectivity index (χ4n) is 1.76. The summed E-state index contributed by atoms with van der Waals surface area (Å²) in [4.78, 5) is 35.4. The van der Waals surface area contributed by atoms with Crippen LogP contribution in [0.1, 0.15) is 6.92 Å². The number of primary amides is 2. The minimum absolute atomic E-state index is 0.242. The Kier molecular flexibility index (Phi) is 5.67. The van der Waals surface area contributed by atoms with E-state index in [1.807, 2.05) is 0 Å². The van der Waals surface area contributed by atoms with E-state index in [1.54, 1.807) is 31.2 Å². The Labute approximate surface area is 122 Å². The maximum absolute atomic E-state index is 12.1. The van der Waals surface area contributed by atoms with E-state index < -0.39 is 23.8 Å². The van der Waals surface area contributed by atoms with Gasteiger partial charge in [-0.3, -0.25) is 19.3 Å². The van der Waals surface area contributed by atoms with Gasteiger partial charge in [-0.1, -0.05) is 6.07 Å². The van der Waals surface area contributed by atoms with Gasteiger partial charge in [0, 0.05) is 11.4 Å². The molecule has 0 radical (unpaired) electrons. The summed E-state index contributed by atoms with van der Waals surface area (Å²) >= 11 is 0. The fourth-order valence-corrected chi connectivity index (χ4v) is 1.76. The summed E-state index contributed by atoms with van der Waals surface area (Å²) in [5.41, 5.74) is 16.8. The van der Waals surface area contributed by atoms with Gasteiger partial charge in [-0.25, -0.2) is 0 Å². The van der Waals surface area contributed by atoms with E-state index in [1.165, 1.54) is 4.90 Å². The van der Waals surface area contributed by atoms with Crippen LogP contribution in [-0.2, 0) is 14.4 Å². The topological polar surface area (TPSA) is 145 Å². The molecule has 1 aromatic carbocycles. The summed E-state index contributed by atoms with van der Waals surface area (Å²) in [7, 11) is 0. The first kappa shape index (κ1) is 16.4. The molecular weight excluding hydrogens is 274 g/mol. The Morgan fingerprint density at radius 1 is 1.19 bits per heavy atom. The van der Waals surface area contributed by atoms with Crippen molar-refractivity contribution in [1.82, 2.24) is 4.90 Å². The van der Waals surface area contributed by atoms with Crippen LogP contribution in [0.4, 0.5) is 11.4 Å². The lowest BCUT2D eigenvalue weighted by Gasteiger charge is -2.25. The highest BCUT2D eigenvalue weighted by molar-refractivity contribution is 5.95. The van der Waals surface area contributed by atoms with Crippen molar-refractivity contribution >= 4 is 29.1 Å². The van der Waals surface area contributed by atoms with E-state index in [0.717, 1.165) is 0 Å². The van der Waals surface area contributed by atoms with Crippen molar-refractivity contribution in [3.05, 3.63) is 24.3 Å². The maximum Gasteiger partial charge on any atom is 0.241 e. The lowest BCUT2D eigenvalue weighted by Crippen LogP contribution is -2.49. The number of nitrogens with two attached hydrogens (primary N) is 3. The van der Waals surface area contributed by atoms with Crippen LogP contribution in [0.2, 0.25) is 0 Å². The summed E-state index contributed by atoms with van der Waals surface area (Å²) in [5, 5.41) is 2.64. The van der Waals surface area contributed by atoms with Crippen LogP contribution in [0, 0.1) is 0 Å². The first-order valence-electron chi connectivity index (χ1n) is 6.26. The second-order valence-electron chi connectivity index (χ2n) is 4.63. The summed E-state index contributed by atoms with van der Waals surface area (Å²) in [6, 6.07) is 5.89. The summed E-state index contributed by atoms with van der Waals surface area (Å²) < 4.78 is 0. The zero-order valence-corrected chi connectivity index (χ0v) is 11.7. The highest BCUT2D eigenvalue weighted by Crippen LogP contribution is 2.13. The van der Waals surface area contributed by atoms with E-state index in [-0.39, 0.29) is 13.1 Å². The van der Waals surface area contributed by atoms with Crippen molar-refractivity contribution in [3.8, 4) is 0 Å². The Morgan fingerprint density at radius 2 is 1.76 bits per heavy atom. The molecule has 1 aromatic rings. The number of benzene rings is 1. The minimum Gasteiger partial charge on any atom is -0.399 e. The molecule has 0 fully saturated rings. The third-order valence-corrected chi connectivity index (χ3v) is 2.80. The number of carbonyl (C=O) groups excluding carboxylic acids is 3. The maximum atomic E-state index is 12.1. The van der Waals surface area contributed by atoms with Crippen LogP contribution >= 0.6 is 0 Å². The molecule has 8 nitrogen and oxygen atoms in total. The summed E-state index contributed by atoms with van der Waals surface area (Å²) in [5.74, 6) is -1.71. The number of nitrogens with zero attached hydrogens (tertiary/aromatic N) is 1. The Hall–Kier alpha value is -2.61. The van der Waals surface area contributed by atoms with Gasteiger partial charge in [0.2, 0.25) is 17.7 Å². The van der Waals surface area contributed by atoms with Crippen molar-refractivity contribution < 1.29 is 14.4 Å². The Morgan fingerprint density at radius 3 is 2.24 bits per heavy atom. The molecule has 0 aliphatic heterocycles. The highest BCUT2D eigenvalue weighted by atomic mass is 16.2.